The fourth-order valence-corrected chi connectivity index (χ4v) is 2.71. The summed E-state index contributed by atoms with van der Waals surface area (Å²) in [7, 11) is 0. The van der Waals surface area contributed by atoms with Gasteiger partial charge in [0.2, 0.25) is 5.91 Å². The van der Waals surface area contributed by atoms with E-state index in [0.717, 1.165) is 44.6 Å². The lowest BCUT2D eigenvalue weighted by molar-refractivity contribution is -0.130. The van der Waals surface area contributed by atoms with Crippen LogP contribution in [0, 0.1) is 0 Å². The fourth-order valence-electron chi connectivity index (χ4n) is 2.71. The summed E-state index contributed by atoms with van der Waals surface area (Å²) in [6, 6.07) is 10.1. The normalized spacial score (nSPS) is 22.0. The van der Waals surface area contributed by atoms with Crippen molar-refractivity contribution in [1.29, 1.82) is 0 Å². The first kappa shape index (κ1) is 16.0. The molecule has 2 atom stereocenters. The Morgan fingerprint density at radius 3 is 2.62 bits per heavy atom. The topological polar surface area (TPSA) is 41.6 Å². The summed E-state index contributed by atoms with van der Waals surface area (Å²) in [6.07, 6.45) is 2.74. The molecule has 0 spiro atoms. The highest BCUT2D eigenvalue weighted by Gasteiger charge is 2.37. The molecule has 1 aromatic carbocycles. The number of hydrogen-bond donors (Lipinski definition) is 1. The van der Waals surface area contributed by atoms with Crippen LogP contribution in [0.25, 0.3) is 0 Å². The molecule has 1 heterocycles. The molecule has 1 amide bonds. The number of ether oxygens (including phenoxy) is 1. The fraction of sp³-hybridized carbons (Fsp3) is 0.588. The molecule has 116 valence electrons. The summed E-state index contributed by atoms with van der Waals surface area (Å²) in [6.45, 7) is 6.41. The SMILES string of the molecule is CCCOCCCN1C(=O)C(CC)NC1c1ccccc1. The molecule has 21 heavy (non-hydrogen) atoms. The summed E-state index contributed by atoms with van der Waals surface area (Å²) < 4.78 is 5.51. The number of nitrogens with zero attached hydrogens (tertiary/aromatic N) is 1. The number of hydrogen-bond acceptors (Lipinski definition) is 3. The highest BCUT2D eigenvalue weighted by Crippen LogP contribution is 2.26. The van der Waals surface area contributed by atoms with Crippen LogP contribution in [0.2, 0.25) is 0 Å². The number of amides is 1. The first-order valence-electron chi connectivity index (χ1n) is 7.97. The molecule has 0 saturated carbocycles. The van der Waals surface area contributed by atoms with Gasteiger partial charge in [-0.3, -0.25) is 10.1 Å². The van der Waals surface area contributed by atoms with E-state index in [9.17, 15) is 4.79 Å². The number of benzene rings is 1. The Morgan fingerprint density at radius 2 is 1.95 bits per heavy atom. The third-order valence-electron chi connectivity index (χ3n) is 3.81. The zero-order valence-corrected chi connectivity index (χ0v) is 13.0. The molecule has 2 rings (SSSR count). The largest absolute Gasteiger partial charge is 0.381 e. The first-order valence-corrected chi connectivity index (χ1v) is 7.97. The molecule has 0 aliphatic carbocycles. The molecular formula is C17H26N2O2. The molecule has 1 fully saturated rings. The van der Waals surface area contributed by atoms with Gasteiger partial charge in [-0.05, 0) is 24.8 Å². The minimum atomic E-state index is -0.0632. The van der Waals surface area contributed by atoms with Crippen LogP contribution < -0.4 is 5.32 Å². The van der Waals surface area contributed by atoms with Crippen molar-refractivity contribution in [3.05, 3.63) is 35.9 Å². The van der Waals surface area contributed by atoms with Crippen LogP contribution in [0.15, 0.2) is 30.3 Å². The maximum atomic E-state index is 12.5. The zero-order chi connectivity index (χ0) is 15.1. The van der Waals surface area contributed by atoms with E-state index in [2.05, 4.69) is 24.4 Å². The van der Waals surface area contributed by atoms with Gasteiger partial charge in [0.25, 0.3) is 0 Å². The van der Waals surface area contributed by atoms with Gasteiger partial charge >= 0.3 is 0 Å². The lowest BCUT2D eigenvalue weighted by Crippen LogP contribution is -2.32. The molecule has 0 aromatic heterocycles. The van der Waals surface area contributed by atoms with Gasteiger partial charge < -0.3 is 9.64 Å². The number of carbonyl (C=O) groups excluding carboxylic acids is 1. The zero-order valence-electron chi connectivity index (χ0n) is 13.0. The highest BCUT2D eigenvalue weighted by molar-refractivity contribution is 5.84. The molecule has 4 nitrogen and oxygen atoms in total. The molecule has 2 unspecified atom stereocenters. The van der Waals surface area contributed by atoms with Gasteiger partial charge in [-0.15, -0.1) is 0 Å². The van der Waals surface area contributed by atoms with Gasteiger partial charge in [-0.2, -0.15) is 0 Å². The summed E-state index contributed by atoms with van der Waals surface area (Å²) in [5.41, 5.74) is 1.15. The minimum absolute atomic E-state index is 0.00479. The van der Waals surface area contributed by atoms with Crippen LogP contribution in [0.1, 0.15) is 44.8 Å². The molecule has 4 heteroatoms. The van der Waals surface area contributed by atoms with E-state index < -0.39 is 0 Å². The van der Waals surface area contributed by atoms with E-state index in [-0.39, 0.29) is 18.1 Å². The van der Waals surface area contributed by atoms with Crippen LogP contribution in [0.5, 0.6) is 0 Å². The Morgan fingerprint density at radius 1 is 1.19 bits per heavy atom. The standard InChI is InChI=1S/C17H26N2O2/c1-3-12-21-13-8-11-19-16(14-9-6-5-7-10-14)18-15(4-2)17(19)20/h5-7,9-10,15-16,18H,3-4,8,11-13H2,1-2H3. The Labute approximate surface area is 127 Å². The summed E-state index contributed by atoms with van der Waals surface area (Å²) in [4.78, 5) is 14.4. The molecule has 1 saturated heterocycles. The van der Waals surface area contributed by atoms with E-state index >= 15 is 0 Å². The second-order valence-corrected chi connectivity index (χ2v) is 5.44. The highest BCUT2D eigenvalue weighted by atomic mass is 16.5. The van der Waals surface area contributed by atoms with Crippen molar-refractivity contribution >= 4 is 5.91 Å². The van der Waals surface area contributed by atoms with Crippen LogP contribution in [-0.4, -0.2) is 36.6 Å². The maximum absolute atomic E-state index is 12.5. The van der Waals surface area contributed by atoms with E-state index in [4.69, 9.17) is 4.74 Å². The Bertz CT molecular complexity index is 436. The lowest BCUT2D eigenvalue weighted by Gasteiger charge is -2.24. The predicted molar refractivity (Wildman–Crippen MR) is 83.8 cm³/mol. The Hall–Kier alpha value is -1.39. The van der Waals surface area contributed by atoms with Crippen LogP contribution >= 0.6 is 0 Å². The van der Waals surface area contributed by atoms with Crippen molar-refractivity contribution in [3.63, 3.8) is 0 Å². The summed E-state index contributed by atoms with van der Waals surface area (Å²) in [5.74, 6) is 0.210. The van der Waals surface area contributed by atoms with Gasteiger partial charge in [0, 0.05) is 19.8 Å². The van der Waals surface area contributed by atoms with Crippen molar-refractivity contribution in [2.24, 2.45) is 0 Å². The van der Waals surface area contributed by atoms with E-state index in [1.165, 1.54) is 0 Å². The molecule has 1 aliphatic heterocycles. The molecule has 1 N–H and O–H groups in total. The van der Waals surface area contributed by atoms with Crippen molar-refractivity contribution < 1.29 is 9.53 Å². The number of rotatable bonds is 8. The maximum Gasteiger partial charge on any atom is 0.241 e. The second-order valence-electron chi connectivity index (χ2n) is 5.44. The van der Waals surface area contributed by atoms with Crippen molar-refractivity contribution in [3.8, 4) is 0 Å². The van der Waals surface area contributed by atoms with E-state index in [1.54, 1.807) is 0 Å². The minimum Gasteiger partial charge on any atom is -0.381 e. The van der Waals surface area contributed by atoms with Gasteiger partial charge in [0.1, 0.15) is 6.17 Å². The van der Waals surface area contributed by atoms with E-state index in [0.29, 0.717) is 0 Å². The van der Waals surface area contributed by atoms with E-state index in [1.807, 2.05) is 30.0 Å². The van der Waals surface area contributed by atoms with Gasteiger partial charge in [-0.1, -0.05) is 44.2 Å². The van der Waals surface area contributed by atoms with Gasteiger partial charge in [0.05, 0.1) is 6.04 Å². The third-order valence-corrected chi connectivity index (χ3v) is 3.81. The molecule has 0 radical (unpaired) electrons. The monoisotopic (exact) mass is 290 g/mol. The predicted octanol–water partition coefficient (Wildman–Crippen LogP) is 2.71. The smallest absolute Gasteiger partial charge is 0.241 e. The van der Waals surface area contributed by atoms with Crippen LogP contribution in [0.3, 0.4) is 0 Å². The quantitative estimate of drug-likeness (QED) is 0.749. The Balaban J connectivity index is 1.98. The summed E-state index contributed by atoms with van der Waals surface area (Å²) in [5, 5.41) is 3.44. The lowest BCUT2D eigenvalue weighted by atomic mass is 10.1. The van der Waals surface area contributed by atoms with Crippen molar-refractivity contribution in [2.45, 2.75) is 45.3 Å². The number of carbonyl (C=O) groups is 1. The Kier molecular flexibility index (Phi) is 6.21. The van der Waals surface area contributed by atoms with Gasteiger partial charge in [0.15, 0.2) is 0 Å². The molecule has 1 aliphatic rings. The summed E-state index contributed by atoms with van der Waals surface area (Å²) >= 11 is 0. The molecule has 1 aromatic rings. The average Bonchev–Trinajstić information content (AvgIpc) is 2.84. The first-order chi connectivity index (χ1) is 10.3. The third kappa shape index (κ3) is 4.05. The van der Waals surface area contributed by atoms with Crippen LogP contribution in [0.4, 0.5) is 0 Å². The number of nitrogens with one attached hydrogen (secondary N) is 1. The molecular weight excluding hydrogens is 264 g/mol. The second kappa shape index (κ2) is 8.15. The average molecular weight is 290 g/mol. The van der Waals surface area contributed by atoms with Crippen molar-refractivity contribution in [2.75, 3.05) is 19.8 Å². The van der Waals surface area contributed by atoms with Gasteiger partial charge in [-0.25, -0.2) is 0 Å². The molecule has 0 bridgehead atoms. The van der Waals surface area contributed by atoms with Crippen LogP contribution in [-0.2, 0) is 9.53 Å². The van der Waals surface area contributed by atoms with Crippen molar-refractivity contribution in [1.82, 2.24) is 10.2 Å².